The molecule has 6 heteroatoms. The maximum Gasteiger partial charge on any atom is 0.416 e. The first-order valence-electron chi connectivity index (χ1n) is 5.71. The number of hydrogen-bond donors (Lipinski definition) is 1. The molecule has 102 valence electrons. The summed E-state index contributed by atoms with van der Waals surface area (Å²) in [5.41, 5.74) is 6.39. The summed E-state index contributed by atoms with van der Waals surface area (Å²) in [6.45, 7) is 2.26. The molecule has 1 aromatic heterocycles. The average Bonchev–Trinajstić information content (AvgIpc) is 2.68. The van der Waals surface area contributed by atoms with Crippen LogP contribution in [0.25, 0.3) is 0 Å². The molecule has 2 aromatic rings. The largest absolute Gasteiger partial charge is 0.416 e. The van der Waals surface area contributed by atoms with Crippen molar-refractivity contribution in [3.05, 3.63) is 51.0 Å². The minimum Gasteiger partial charge on any atom is -0.326 e. The van der Waals surface area contributed by atoms with Crippen LogP contribution in [-0.4, -0.2) is 4.98 Å². The van der Waals surface area contributed by atoms with E-state index in [1.807, 2.05) is 6.92 Å². The van der Waals surface area contributed by atoms with Gasteiger partial charge in [0.2, 0.25) is 0 Å². The molecular weight excluding hydrogens is 273 g/mol. The standard InChI is InChI=1S/C13H13F3N2S/c1-8-11(7-17)19-12(18-8)6-9-3-2-4-10(5-9)13(14,15)16/h2-5H,6-7,17H2,1H3. The second-order valence-corrected chi connectivity index (χ2v) is 5.36. The summed E-state index contributed by atoms with van der Waals surface area (Å²) in [4.78, 5) is 5.30. The molecule has 0 spiro atoms. The number of alkyl halides is 3. The van der Waals surface area contributed by atoms with Crippen molar-refractivity contribution in [1.29, 1.82) is 0 Å². The minimum atomic E-state index is -4.31. The maximum atomic E-state index is 12.6. The normalized spacial score (nSPS) is 11.8. The fraction of sp³-hybridized carbons (Fsp3) is 0.308. The van der Waals surface area contributed by atoms with Gasteiger partial charge in [0.1, 0.15) is 0 Å². The Balaban J connectivity index is 2.23. The quantitative estimate of drug-likeness (QED) is 0.937. The Kier molecular flexibility index (Phi) is 3.91. The molecule has 0 saturated carbocycles. The lowest BCUT2D eigenvalue weighted by atomic mass is 10.1. The van der Waals surface area contributed by atoms with E-state index in [4.69, 9.17) is 5.73 Å². The van der Waals surface area contributed by atoms with E-state index in [0.29, 0.717) is 18.5 Å². The third-order valence-corrected chi connectivity index (χ3v) is 3.91. The fourth-order valence-electron chi connectivity index (χ4n) is 1.79. The Bertz CT molecular complexity index is 576. The Morgan fingerprint density at radius 2 is 2.05 bits per heavy atom. The number of benzene rings is 1. The van der Waals surface area contributed by atoms with E-state index in [1.165, 1.54) is 23.5 Å². The second kappa shape index (κ2) is 5.30. The summed E-state index contributed by atoms with van der Waals surface area (Å²) < 4.78 is 37.8. The van der Waals surface area contributed by atoms with Gasteiger partial charge in [-0.05, 0) is 18.6 Å². The fourth-order valence-corrected chi connectivity index (χ4v) is 2.77. The van der Waals surface area contributed by atoms with E-state index >= 15 is 0 Å². The van der Waals surface area contributed by atoms with E-state index in [-0.39, 0.29) is 0 Å². The molecule has 19 heavy (non-hydrogen) atoms. The summed E-state index contributed by atoms with van der Waals surface area (Å²) in [6, 6.07) is 5.33. The summed E-state index contributed by atoms with van der Waals surface area (Å²) >= 11 is 1.45. The number of halogens is 3. The average molecular weight is 286 g/mol. The topological polar surface area (TPSA) is 38.9 Å². The minimum absolute atomic E-state index is 0.398. The molecule has 2 rings (SSSR count). The van der Waals surface area contributed by atoms with Crippen molar-refractivity contribution in [3.63, 3.8) is 0 Å². The van der Waals surface area contributed by atoms with E-state index in [9.17, 15) is 13.2 Å². The van der Waals surface area contributed by atoms with Crippen molar-refractivity contribution in [2.45, 2.75) is 26.1 Å². The molecule has 1 heterocycles. The second-order valence-electron chi connectivity index (χ2n) is 4.20. The van der Waals surface area contributed by atoms with Crippen molar-refractivity contribution in [2.24, 2.45) is 5.73 Å². The molecule has 0 radical (unpaired) electrons. The van der Waals surface area contributed by atoms with Crippen LogP contribution in [0.4, 0.5) is 13.2 Å². The molecule has 0 fully saturated rings. The highest BCUT2D eigenvalue weighted by atomic mass is 32.1. The van der Waals surface area contributed by atoms with Crippen LogP contribution in [0.5, 0.6) is 0 Å². The number of thiazole rings is 1. The van der Waals surface area contributed by atoms with Crippen molar-refractivity contribution >= 4 is 11.3 Å². The maximum absolute atomic E-state index is 12.6. The highest BCUT2D eigenvalue weighted by Gasteiger charge is 2.30. The van der Waals surface area contributed by atoms with Crippen LogP contribution in [0.2, 0.25) is 0 Å². The lowest BCUT2D eigenvalue weighted by molar-refractivity contribution is -0.137. The molecule has 0 bridgehead atoms. The Labute approximate surface area is 113 Å². The van der Waals surface area contributed by atoms with E-state index < -0.39 is 11.7 Å². The number of hydrogen-bond acceptors (Lipinski definition) is 3. The van der Waals surface area contributed by atoms with Crippen LogP contribution >= 0.6 is 11.3 Å². The molecule has 2 nitrogen and oxygen atoms in total. The first-order chi connectivity index (χ1) is 8.90. The zero-order valence-corrected chi connectivity index (χ0v) is 11.1. The van der Waals surface area contributed by atoms with Gasteiger partial charge in [-0.1, -0.05) is 18.2 Å². The van der Waals surface area contributed by atoms with Crippen molar-refractivity contribution in [1.82, 2.24) is 4.98 Å². The first-order valence-corrected chi connectivity index (χ1v) is 6.53. The lowest BCUT2D eigenvalue weighted by Gasteiger charge is -2.07. The highest BCUT2D eigenvalue weighted by Crippen LogP contribution is 2.30. The third kappa shape index (κ3) is 3.33. The van der Waals surface area contributed by atoms with Gasteiger partial charge in [0.25, 0.3) is 0 Å². The van der Waals surface area contributed by atoms with Gasteiger partial charge < -0.3 is 5.73 Å². The zero-order valence-electron chi connectivity index (χ0n) is 10.3. The first kappa shape index (κ1) is 14.0. The van der Waals surface area contributed by atoms with E-state index in [2.05, 4.69) is 4.98 Å². The monoisotopic (exact) mass is 286 g/mol. The highest BCUT2D eigenvalue weighted by molar-refractivity contribution is 7.11. The SMILES string of the molecule is Cc1nc(Cc2cccc(C(F)(F)F)c2)sc1CN. The number of aromatic nitrogens is 1. The number of rotatable bonds is 3. The molecule has 0 amide bonds. The predicted molar refractivity (Wildman–Crippen MR) is 69.0 cm³/mol. The predicted octanol–water partition coefficient (Wildman–Crippen LogP) is 3.52. The van der Waals surface area contributed by atoms with Crippen LogP contribution in [0.15, 0.2) is 24.3 Å². The zero-order chi connectivity index (χ0) is 14.0. The molecule has 0 aliphatic rings. The van der Waals surface area contributed by atoms with Gasteiger partial charge in [-0.15, -0.1) is 11.3 Å². The number of nitrogens with zero attached hydrogens (tertiary/aromatic N) is 1. The molecule has 0 aliphatic carbocycles. The van der Waals surface area contributed by atoms with Gasteiger partial charge in [-0.2, -0.15) is 13.2 Å². The third-order valence-electron chi connectivity index (χ3n) is 2.73. The number of aryl methyl sites for hydroxylation is 1. The Hall–Kier alpha value is -1.40. The molecular formula is C13H13F3N2S. The van der Waals surface area contributed by atoms with Crippen LogP contribution in [-0.2, 0) is 19.1 Å². The van der Waals surface area contributed by atoms with Gasteiger partial charge in [0.15, 0.2) is 0 Å². The van der Waals surface area contributed by atoms with E-state index in [0.717, 1.165) is 21.6 Å². The van der Waals surface area contributed by atoms with Crippen LogP contribution in [0.3, 0.4) is 0 Å². The van der Waals surface area contributed by atoms with Crippen LogP contribution < -0.4 is 5.73 Å². The summed E-state index contributed by atoms with van der Waals surface area (Å²) in [7, 11) is 0. The van der Waals surface area contributed by atoms with Crippen molar-refractivity contribution in [3.8, 4) is 0 Å². The summed E-state index contributed by atoms with van der Waals surface area (Å²) in [6.07, 6.45) is -3.91. The van der Waals surface area contributed by atoms with Crippen molar-refractivity contribution < 1.29 is 13.2 Å². The summed E-state index contributed by atoms with van der Waals surface area (Å²) in [5.74, 6) is 0. The Morgan fingerprint density at radius 3 is 2.63 bits per heavy atom. The van der Waals surface area contributed by atoms with Gasteiger partial charge in [-0.3, -0.25) is 0 Å². The smallest absolute Gasteiger partial charge is 0.326 e. The van der Waals surface area contributed by atoms with Gasteiger partial charge in [0.05, 0.1) is 16.3 Å². The van der Waals surface area contributed by atoms with Gasteiger partial charge >= 0.3 is 6.18 Å². The molecule has 0 unspecified atom stereocenters. The van der Waals surface area contributed by atoms with Crippen molar-refractivity contribution in [2.75, 3.05) is 0 Å². The molecule has 0 atom stereocenters. The molecule has 2 N–H and O–H groups in total. The van der Waals surface area contributed by atoms with Crippen LogP contribution in [0, 0.1) is 6.92 Å². The molecule has 0 aliphatic heterocycles. The number of nitrogens with two attached hydrogens (primary N) is 1. The Morgan fingerprint density at radius 1 is 1.32 bits per heavy atom. The van der Waals surface area contributed by atoms with Crippen LogP contribution in [0.1, 0.15) is 26.7 Å². The summed E-state index contributed by atoms with van der Waals surface area (Å²) in [5, 5.41) is 0.789. The van der Waals surface area contributed by atoms with Gasteiger partial charge in [-0.25, -0.2) is 4.98 Å². The molecule has 1 aromatic carbocycles. The van der Waals surface area contributed by atoms with Gasteiger partial charge in [0, 0.05) is 17.8 Å². The lowest BCUT2D eigenvalue weighted by Crippen LogP contribution is -2.05. The van der Waals surface area contributed by atoms with E-state index in [1.54, 1.807) is 6.07 Å². The molecule has 0 saturated heterocycles.